The number of nitrogen functional groups attached to an aromatic ring is 1. The molecular weight excluding hydrogens is 499 g/mol. The maximum absolute atomic E-state index is 12.9. The Bertz CT molecular complexity index is 1170. The first kappa shape index (κ1) is 26.7. The molecule has 200 valence electrons. The van der Waals surface area contributed by atoms with E-state index in [-0.39, 0.29) is 29.6 Å². The SMILES string of the molecule is CCOC(=O)C1(NP(=O)(O)OC[C@H]2O[C@@H](n3cnc4c(OC)nc(N)nc43)[C@@](C)(O)C2O)CCCC1. The van der Waals surface area contributed by atoms with Crippen LogP contribution < -0.4 is 15.6 Å². The number of hydrogen-bond donors (Lipinski definition) is 5. The van der Waals surface area contributed by atoms with Crippen molar-refractivity contribution in [2.45, 2.75) is 69.1 Å². The fourth-order valence-electron chi connectivity index (χ4n) is 4.68. The summed E-state index contributed by atoms with van der Waals surface area (Å²) in [7, 11) is -3.15. The van der Waals surface area contributed by atoms with Crippen LogP contribution in [0.25, 0.3) is 11.2 Å². The zero-order valence-electron chi connectivity index (χ0n) is 20.2. The van der Waals surface area contributed by atoms with E-state index in [1.165, 1.54) is 24.9 Å². The number of nitrogens with two attached hydrogens (primary N) is 1. The van der Waals surface area contributed by atoms with E-state index in [4.69, 9.17) is 24.5 Å². The van der Waals surface area contributed by atoms with E-state index in [0.29, 0.717) is 25.7 Å². The molecule has 5 atom stereocenters. The van der Waals surface area contributed by atoms with Crippen LogP contribution in [0.4, 0.5) is 5.95 Å². The fraction of sp³-hybridized carbons (Fsp3) is 0.700. The third-order valence-corrected chi connectivity index (χ3v) is 7.71. The number of carbonyl (C=O) groups excluding carboxylic acids is 1. The van der Waals surface area contributed by atoms with Gasteiger partial charge in [-0.1, -0.05) is 12.8 Å². The molecule has 2 fully saturated rings. The molecule has 15 nitrogen and oxygen atoms in total. The van der Waals surface area contributed by atoms with Crippen LogP contribution in [0.1, 0.15) is 45.8 Å². The smallest absolute Gasteiger partial charge is 0.404 e. The normalized spacial score (nSPS) is 29.3. The minimum Gasteiger partial charge on any atom is -0.479 e. The van der Waals surface area contributed by atoms with Gasteiger partial charge >= 0.3 is 13.7 Å². The summed E-state index contributed by atoms with van der Waals surface area (Å²) in [4.78, 5) is 35.2. The van der Waals surface area contributed by atoms with Crippen molar-refractivity contribution >= 4 is 30.8 Å². The number of aliphatic hydroxyl groups excluding tert-OH is 1. The maximum Gasteiger partial charge on any atom is 0.404 e. The molecule has 4 rings (SSSR count). The number of hydrogen-bond acceptors (Lipinski definition) is 12. The summed E-state index contributed by atoms with van der Waals surface area (Å²) in [5.74, 6) is -0.609. The summed E-state index contributed by atoms with van der Waals surface area (Å²) in [6.07, 6.45) is -0.631. The Hall–Kier alpha value is -2.39. The predicted octanol–water partition coefficient (Wildman–Crippen LogP) is 0.00890. The lowest BCUT2D eigenvalue weighted by atomic mass is 9.96. The number of methoxy groups -OCH3 is 1. The molecule has 6 N–H and O–H groups in total. The highest BCUT2D eigenvalue weighted by molar-refractivity contribution is 7.50. The molecule has 0 aromatic carbocycles. The molecule has 0 radical (unpaired) electrons. The lowest BCUT2D eigenvalue weighted by Gasteiger charge is -2.30. The van der Waals surface area contributed by atoms with Gasteiger partial charge in [-0.25, -0.2) is 14.6 Å². The quantitative estimate of drug-likeness (QED) is 0.213. The minimum atomic E-state index is -4.54. The average molecular weight is 530 g/mol. The van der Waals surface area contributed by atoms with Crippen molar-refractivity contribution < 1.29 is 43.2 Å². The molecule has 2 aliphatic rings. The Labute approximate surface area is 206 Å². The lowest BCUT2D eigenvalue weighted by molar-refractivity contribution is -0.150. The number of imidazole rings is 1. The van der Waals surface area contributed by atoms with Gasteiger partial charge in [0, 0.05) is 0 Å². The maximum atomic E-state index is 12.9. The molecule has 2 aromatic rings. The van der Waals surface area contributed by atoms with Gasteiger partial charge in [0.25, 0.3) is 0 Å². The van der Waals surface area contributed by atoms with Gasteiger partial charge in [-0.2, -0.15) is 9.97 Å². The van der Waals surface area contributed by atoms with E-state index >= 15 is 0 Å². The van der Waals surface area contributed by atoms with Crippen molar-refractivity contribution in [3.8, 4) is 5.88 Å². The lowest BCUT2D eigenvalue weighted by Crippen LogP contribution is -2.49. The van der Waals surface area contributed by atoms with Gasteiger partial charge in [0.1, 0.15) is 23.3 Å². The minimum absolute atomic E-state index is 0.103. The number of fused-ring (bicyclic) bond motifs is 1. The Morgan fingerprint density at radius 2 is 2.08 bits per heavy atom. The summed E-state index contributed by atoms with van der Waals surface area (Å²) in [6.45, 7) is 2.54. The van der Waals surface area contributed by atoms with E-state index in [1.54, 1.807) is 6.92 Å². The number of carbonyl (C=O) groups is 1. The van der Waals surface area contributed by atoms with Gasteiger partial charge in [-0.05, 0) is 26.7 Å². The van der Waals surface area contributed by atoms with E-state index in [0.717, 1.165) is 0 Å². The highest BCUT2D eigenvalue weighted by Crippen LogP contribution is 2.47. The van der Waals surface area contributed by atoms with Crippen molar-refractivity contribution in [2.75, 3.05) is 26.1 Å². The third kappa shape index (κ3) is 4.79. The zero-order chi connectivity index (χ0) is 26.3. The second kappa shape index (κ2) is 9.82. The van der Waals surface area contributed by atoms with Gasteiger partial charge in [0.15, 0.2) is 17.4 Å². The summed E-state index contributed by atoms with van der Waals surface area (Å²) in [6, 6.07) is 0. The number of esters is 1. The van der Waals surface area contributed by atoms with E-state index in [1.807, 2.05) is 0 Å². The van der Waals surface area contributed by atoms with Crippen LogP contribution in [0.15, 0.2) is 6.33 Å². The van der Waals surface area contributed by atoms with E-state index < -0.39 is 49.9 Å². The predicted molar refractivity (Wildman–Crippen MR) is 124 cm³/mol. The largest absolute Gasteiger partial charge is 0.479 e. The van der Waals surface area contributed by atoms with Crippen LogP contribution in [0.3, 0.4) is 0 Å². The molecule has 1 aliphatic heterocycles. The number of aromatic nitrogens is 4. The highest BCUT2D eigenvalue weighted by atomic mass is 31.2. The molecule has 2 unspecified atom stereocenters. The summed E-state index contributed by atoms with van der Waals surface area (Å²) >= 11 is 0. The van der Waals surface area contributed by atoms with Crippen LogP contribution in [0, 0.1) is 0 Å². The number of nitrogens with zero attached hydrogens (tertiary/aromatic N) is 4. The molecule has 3 heterocycles. The van der Waals surface area contributed by atoms with Crippen LogP contribution >= 0.6 is 7.75 Å². The Balaban J connectivity index is 1.51. The first-order chi connectivity index (χ1) is 16.9. The van der Waals surface area contributed by atoms with E-state index in [2.05, 4.69) is 20.0 Å². The molecular formula is C20H31N6O9P. The molecule has 0 spiro atoms. The van der Waals surface area contributed by atoms with Gasteiger partial charge in [0.05, 0.1) is 26.7 Å². The molecule has 1 saturated heterocycles. The number of anilines is 1. The Morgan fingerprint density at radius 1 is 1.39 bits per heavy atom. The fourth-order valence-corrected chi connectivity index (χ4v) is 5.95. The second-order valence-corrected chi connectivity index (χ2v) is 10.6. The number of ether oxygens (including phenoxy) is 3. The highest BCUT2D eigenvalue weighted by Gasteiger charge is 2.54. The molecule has 16 heteroatoms. The van der Waals surface area contributed by atoms with Gasteiger partial charge in [0.2, 0.25) is 11.8 Å². The Kier molecular flexibility index (Phi) is 7.27. The van der Waals surface area contributed by atoms with Crippen LogP contribution in [-0.2, 0) is 23.4 Å². The average Bonchev–Trinajstić information content (AvgIpc) is 3.50. The van der Waals surface area contributed by atoms with Gasteiger partial charge in [-0.3, -0.25) is 13.9 Å². The zero-order valence-corrected chi connectivity index (χ0v) is 21.1. The first-order valence-electron chi connectivity index (χ1n) is 11.5. The first-order valence-corrected chi connectivity index (χ1v) is 13.1. The van der Waals surface area contributed by atoms with Crippen LogP contribution in [0.2, 0.25) is 0 Å². The second-order valence-electron chi connectivity index (χ2n) is 9.05. The number of rotatable bonds is 9. The van der Waals surface area contributed by atoms with Crippen molar-refractivity contribution in [3.63, 3.8) is 0 Å². The molecule has 0 bridgehead atoms. The molecule has 36 heavy (non-hydrogen) atoms. The number of aliphatic hydroxyl groups is 2. The van der Waals surface area contributed by atoms with E-state index in [9.17, 15) is 24.5 Å². The van der Waals surface area contributed by atoms with Gasteiger partial charge < -0.3 is 35.1 Å². The van der Waals surface area contributed by atoms with Gasteiger partial charge in [-0.15, -0.1) is 0 Å². The molecule has 1 saturated carbocycles. The molecule has 0 amide bonds. The van der Waals surface area contributed by atoms with Crippen LogP contribution in [-0.4, -0.2) is 84.3 Å². The van der Waals surface area contributed by atoms with Crippen molar-refractivity contribution in [2.24, 2.45) is 0 Å². The topological polar surface area (TPSA) is 213 Å². The van der Waals surface area contributed by atoms with Crippen LogP contribution in [0.5, 0.6) is 5.88 Å². The Morgan fingerprint density at radius 3 is 2.72 bits per heavy atom. The monoisotopic (exact) mass is 530 g/mol. The van der Waals surface area contributed by atoms with Crippen molar-refractivity contribution in [1.29, 1.82) is 0 Å². The summed E-state index contributed by atoms with van der Waals surface area (Å²) < 4.78 is 35.5. The number of nitrogens with one attached hydrogen (secondary N) is 1. The van der Waals surface area contributed by atoms with Crippen molar-refractivity contribution in [1.82, 2.24) is 24.6 Å². The van der Waals surface area contributed by atoms with Crippen molar-refractivity contribution in [3.05, 3.63) is 6.33 Å². The summed E-state index contributed by atoms with van der Waals surface area (Å²) in [5.41, 5.74) is 2.98. The summed E-state index contributed by atoms with van der Waals surface area (Å²) in [5, 5.41) is 24.3. The standard InChI is InChI=1S/C20H31N6O9P/c1-4-33-17(28)20(7-5-6-8-20)25-36(30,31)34-9-11-13(27)19(2,29)16(35-11)26-10-22-12-14(26)23-18(21)24-15(12)32-3/h10-11,13,16,27,29H,4-9H2,1-3H3,(H2,21,23,24)(H2,25,30,31)/t11-,13?,16-,19+/m1/s1. The molecule has 2 aromatic heterocycles. The third-order valence-electron chi connectivity index (χ3n) is 6.50. The molecule has 1 aliphatic carbocycles.